The van der Waals surface area contributed by atoms with E-state index in [1.54, 1.807) is 0 Å². The molecule has 3 nitrogen and oxygen atoms in total. The number of hydrogen-bond acceptors (Lipinski definition) is 1. The van der Waals surface area contributed by atoms with Gasteiger partial charge in [-0.15, -0.1) is 24.0 Å². The maximum atomic E-state index is 9.71. The molecule has 0 aliphatic carbocycles. The molecule has 0 atom stereocenters. The summed E-state index contributed by atoms with van der Waals surface area (Å²) in [6.45, 7) is 2.42. The van der Waals surface area contributed by atoms with Crippen LogP contribution in [0.2, 0.25) is 0 Å². The zero-order valence-electron chi connectivity index (χ0n) is 4.10. The van der Waals surface area contributed by atoms with Crippen LogP contribution in [-0.2, 0) is 0 Å². The van der Waals surface area contributed by atoms with E-state index in [-0.39, 0.29) is 24.0 Å². The van der Waals surface area contributed by atoms with Gasteiger partial charge in [0.25, 0.3) is 0 Å². The van der Waals surface area contributed by atoms with Crippen LogP contribution in [0.1, 0.15) is 6.92 Å². The van der Waals surface area contributed by atoms with Gasteiger partial charge in [0.1, 0.15) is 0 Å². The third-order valence-electron chi connectivity index (χ3n) is 0.351. The third kappa shape index (κ3) is 10.7. The predicted molar refractivity (Wildman–Crippen MR) is 38.7 cm³/mol. The largest absolute Gasteiger partial charge is 0.352 e. The van der Waals surface area contributed by atoms with Crippen molar-refractivity contribution in [2.45, 2.75) is 6.92 Å². The van der Waals surface area contributed by atoms with E-state index in [2.05, 4.69) is 11.1 Å². The molecule has 0 saturated heterocycles. The second-order valence-electron chi connectivity index (χ2n) is 0.895. The number of primary amides is 1. The van der Waals surface area contributed by atoms with E-state index in [9.17, 15) is 4.79 Å². The molecule has 0 aromatic rings. The molecule has 0 saturated carbocycles. The van der Waals surface area contributed by atoms with E-state index in [0.29, 0.717) is 6.54 Å². The van der Waals surface area contributed by atoms with E-state index >= 15 is 0 Å². The Balaban J connectivity index is 0. The summed E-state index contributed by atoms with van der Waals surface area (Å²) in [6.07, 6.45) is 0. The SMILES string of the molecule is CCNC(N)=O.I. The minimum absolute atomic E-state index is 0. The average molecular weight is 216 g/mol. The third-order valence-corrected chi connectivity index (χ3v) is 0.351. The Kier molecular flexibility index (Phi) is 8.64. The van der Waals surface area contributed by atoms with Crippen molar-refractivity contribution in [3.05, 3.63) is 0 Å². The van der Waals surface area contributed by atoms with Crippen molar-refractivity contribution in [2.24, 2.45) is 5.73 Å². The predicted octanol–water partition coefficient (Wildman–Crippen LogP) is 0.293. The lowest BCUT2D eigenvalue weighted by molar-refractivity contribution is 0.249. The molecule has 4 heteroatoms. The Labute approximate surface area is 59.7 Å². The van der Waals surface area contributed by atoms with Gasteiger partial charge in [-0.3, -0.25) is 0 Å². The van der Waals surface area contributed by atoms with Crippen LogP contribution in [0, 0.1) is 0 Å². The number of halogens is 1. The van der Waals surface area contributed by atoms with E-state index in [0.717, 1.165) is 0 Å². The quantitative estimate of drug-likeness (QED) is 0.608. The van der Waals surface area contributed by atoms with Crippen LogP contribution in [-0.4, -0.2) is 12.6 Å². The van der Waals surface area contributed by atoms with Crippen LogP contribution in [0.5, 0.6) is 0 Å². The van der Waals surface area contributed by atoms with Gasteiger partial charge in [0.15, 0.2) is 0 Å². The lowest BCUT2D eigenvalue weighted by Gasteiger charge is -1.88. The van der Waals surface area contributed by atoms with Gasteiger partial charge in [-0.25, -0.2) is 4.79 Å². The summed E-state index contributed by atoms with van der Waals surface area (Å²) < 4.78 is 0. The molecule has 0 aromatic carbocycles. The number of hydrogen-bond donors (Lipinski definition) is 2. The topological polar surface area (TPSA) is 55.1 Å². The summed E-state index contributed by atoms with van der Waals surface area (Å²) in [4.78, 5) is 9.71. The van der Waals surface area contributed by atoms with Crippen molar-refractivity contribution < 1.29 is 4.79 Å². The minimum Gasteiger partial charge on any atom is -0.352 e. The second kappa shape index (κ2) is 6.00. The first kappa shape index (κ1) is 10.1. The Bertz CT molecular complexity index is 56.9. The van der Waals surface area contributed by atoms with Gasteiger partial charge in [-0.2, -0.15) is 0 Å². The number of urea groups is 1. The molecule has 0 aromatic heterocycles. The number of amides is 2. The maximum Gasteiger partial charge on any atom is 0.312 e. The molecule has 0 radical (unpaired) electrons. The molecule has 0 unspecified atom stereocenters. The molecular weight excluding hydrogens is 207 g/mol. The zero-order chi connectivity index (χ0) is 4.99. The molecule has 7 heavy (non-hydrogen) atoms. The van der Waals surface area contributed by atoms with Gasteiger partial charge in [0.2, 0.25) is 0 Å². The van der Waals surface area contributed by atoms with Gasteiger partial charge in [-0.05, 0) is 6.92 Å². The van der Waals surface area contributed by atoms with Gasteiger partial charge >= 0.3 is 6.03 Å². The molecule has 0 aliphatic heterocycles. The summed E-state index contributed by atoms with van der Waals surface area (Å²) in [5, 5.41) is 2.35. The summed E-state index contributed by atoms with van der Waals surface area (Å²) in [5.74, 6) is 0. The molecule has 0 bridgehead atoms. The van der Waals surface area contributed by atoms with Gasteiger partial charge < -0.3 is 11.1 Å². The molecule has 3 N–H and O–H groups in total. The van der Waals surface area contributed by atoms with Crippen molar-refractivity contribution in [3.8, 4) is 0 Å². The smallest absolute Gasteiger partial charge is 0.312 e. The van der Waals surface area contributed by atoms with Crippen molar-refractivity contribution in [3.63, 3.8) is 0 Å². The molecule has 2 amide bonds. The molecule has 0 fully saturated rings. The van der Waals surface area contributed by atoms with E-state index in [1.165, 1.54) is 0 Å². The number of nitrogens with one attached hydrogen (secondary N) is 1. The lowest BCUT2D eigenvalue weighted by Crippen LogP contribution is -2.28. The van der Waals surface area contributed by atoms with E-state index in [4.69, 9.17) is 0 Å². The normalized spacial score (nSPS) is 6.43. The fraction of sp³-hybridized carbons (Fsp3) is 0.667. The Morgan fingerprint density at radius 1 is 1.86 bits per heavy atom. The first-order valence-electron chi connectivity index (χ1n) is 1.80. The van der Waals surface area contributed by atoms with Crippen molar-refractivity contribution >= 4 is 30.0 Å². The molecule has 0 aliphatic rings. The first-order chi connectivity index (χ1) is 2.77. The van der Waals surface area contributed by atoms with Crippen LogP contribution >= 0.6 is 24.0 Å². The van der Waals surface area contributed by atoms with E-state index < -0.39 is 6.03 Å². The van der Waals surface area contributed by atoms with Crippen molar-refractivity contribution in [1.29, 1.82) is 0 Å². The fourth-order valence-corrected chi connectivity index (χ4v) is 0.174. The Morgan fingerprint density at radius 2 is 2.29 bits per heavy atom. The summed E-state index contributed by atoms with van der Waals surface area (Å²) in [7, 11) is 0. The highest BCUT2D eigenvalue weighted by molar-refractivity contribution is 14.0. The lowest BCUT2D eigenvalue weighted by atomic mass is 10.7. The summed E-state index contributed by atoms with van der Waals surface area (Å²) in [6, 6.07) is -0.461. The Hall–Kier alpha value is 0. The van der Waals surface area contributed by atoms with Gasteiger partial charge in [0, 0.05) is 6.54 Å². The van der Waals surface area contributed by atoms with Crippen LogP contribution in [0.15, 0.2) is 0 Å². The van der Waals surface area contributed by atoms with E-state index in [1.807, 2.05) is 6.92 Å². The van der Waals surface area contributed by atoms with Crippen LogP contribution in [0.3, 0.4) is 0 Å². The van der Waals surface area contributed by atoms with Gasteiger partial charge in [0.05, 0.1) is 0 Å². The first-order valence-corrected chi connectivity index (χ1v) is 1.80. The summed E-state index contributed by atoms with van der Waals surface area (Å²) >= 11 is 0. The molecule has 0 rings (SSSR count). The molecule has 0 heterocycles. The fourth-order valence-electron chi connectivity index (χ4n) is 0.174. The van der Waals surface area contributed by atoms with Crippen molar-refractivity contribution in [1.82, 2.24) is 5.32 Å². The molecule has 0 spiro atoms. The number of rotatable bonds is 1. The standard InChI is InChI=1S/C3H8N2O.HI/c1-2-5-3(4)6;/h2H2,1H3,(H3,4,5,6);1H. The van der Waals surface area contributed by atoms with Crippen molar-refractivity contribution in [2.75, 3.05) is 6.54 Å². The van der Waals surface area contributed by atoms with Gasteiger partial charge in [-0.1, -0.05) is 0 Å². The monoisotopic (exact) mass is 216 g/mol. The molecule has 44 valence electrons. The number of carbonyl (C=O) groups is 1. The molecular formula is C3H9IN2O. The highest BCUT2D eigenvalue weighted by Gasteiger charge is 1.79. The van der Waals surface area contributed by atoms with Crippen LogP contribution < -0.4 is 11.1 Å². The zero-order valence-corrected chi connectivity index (χ0v) is 6.43. The maximum absolute atomic E-state index is 9.71. The average Bonchev–Trinajstić information content (AvgIpc) is 1.35. The number of carbonyl (C=O) groups excluding carboxylic acids is 1. The second-order valence-corrected chi connectivity index (χ2v) is 0.895. The number of nitrogens with two attached hydrogens (primary N) is 1. The summed E-state index contributed by atoms with van der Waals surface area (Å²) in [5.41, 5.74) is 4.65. The minimum atomic E-state index is -0.461. The highest BCUT2D eigenvalue weighted by atomic mass is 127. The van der Waals surface area contributed by atoms with Crippen LogP contribution in [0.4, 0.5) is 4.79 Å². The van der Waals surface area contributed by atoms with Crippen LogP contribution in [0.25, 0.3) is 0 Å². The Morgan fingerprint density at radius 3 is 2.29 bits per heavy atom. The highest BCUT2D eigenvalue weighted by Crippen LogP contribution is 1.49.